The highest BCUT2D eigenvalue weighted by molar-refractivity contribution is 7.89. The van der Waals surface area contributed by atoms with E-state index in [4.69, 9.17) is 0 Å². The maximum absolute atomic E-state index is 12.9. The van der Waals surface area contributed by atoms with Crippen LogP contribution in [0, 0.1) is 6.92 Å². The minimum atomic E-state index is -3.50. The number of hydrogen-bond donors (Lipinski definition) is 0. The van der Waals surface area contributed by atoms with Crippen LogP contribution in [0.1, 0.15) is 19.4 Å². The lowest BCUT2D eigenvalue weighted by molar-refractivity contribution is -0.138. The van der Waals surface area contributed by atoms with Crippen molar-refractivity contribution in [2.75, 3.05) is 58.9 Å². The van der Waals surface area contributed by atoms with E-state index in [1.165, 1.54) is 4.31 Å². The van der Waals surface area contributed by atoms with Crippen molar-refractivity contribution in [2.45, 2.75) is 31.7 Å². The molecule has 2 aliphatic rings. The lowest BCUT2D eigenvalue weighted by Crippen LogP contribution is -2.57. The number of nitrogens with zero attached hydrogens (tertiary/aromatic N) is 4. The first-order valence-electron chi connectivity index (χ1n) is 10.1. The molecule has 2 heterocycles. The fraction of sp³-hybridized carbons (Fsp3) is 0.650. The van der Waals surface area contributed by atoms with Gasteiger partial charge in [0.15, 0.2) is 0 Å². The van der Waals surface area contributed by atoms with Crippen LogP contribution in [-0.4, -0.2) is 98.3 Å². The Bertz CT molecular complexity index is 765. The Labute approximate surface area is 168 Å². The molecule has 2 aliphatic heterocycles. The standard InChI is InChI=1S/C20H32N4O3S/c1-4-21-9-11-22(12-10-21)18(3)20(25)23-13-15-24(16-14-23)28(26,27)19-7-5-17(2)6-8-19/h5-8,18H,4,9-16H2,1-3H3. The zero-order valence-corrected chi connectivity index (χ0v) is 18.0. The number of piperazine rings is 2. The predicted octanol–water partition coefficient (Wildman–Crippen LogP) is 0.854. The van der Waals surface area contributed by atoms with Crippen LogP contribution in [0.15, 0.2) is 29.2 Å². The molecule has 0 bridgehead atoms. The smallest absolute Gasteiger partial charge is 0.243 e. The Kier molecular flexibility index (Phi) is 6.75. The van der Waals surface area contributed by atoms with Crippen LogP contribution in [0.4, 0.5) is 0 Å². The molecule has 8 heteroatoms. The molecule has 1 amide bonds. The van der Waals surface area contributed by atoms with E-state index in [-0.39, 0.29) is 11.9 Å². The van der Waals surface area contributed by atoms with Gasteiger partial charge in [-0.05, 0) is 32.5 Å². The molecule has 0 saturated carbocycles. The molecule has 1 aromatic carbocycles. The predicted molar refractivity (Wildman–Crippen MR) is 110 cm³/mol. The highest BCUT2D eigenvalue weighted by atomic mass is 32.2. The monoisotopic (exact) mass is 408 g/mol. The maximum Gasteiger partial charge on any atom is 0.243 e. The van der Waals surface area contributed by atoms with Crippen molar-refractivity contribution in [3.05, 3.63) is 29.8 Å². The molecule has 156 valence electrons. The van der Waals surface area contributed by atoms with Gasteiger partial charge in [-0.15, -0.1) is 0 Å². The van der Waals surface area contributed by atoms with Crippen LogP contribution in [0.3, 0.4) is 0 Å². The SMILES string of the molecule is CCN1CCN(C(C)C(=O)N2CCN(S(=O)(=O)c3ccc(C)cc3)CC2)CC1. The minimum Gasteiger partial charge on any atom is -0.339 e. The third-order valence-corrected chi connectivity index (χ3v) is 7.88. The van der Waals surface area contributed by atoms with Crippen molar-refractivity contribution in [3.8, 4) is 0 Å². The zero-order valence-electron chi connectivity index (χ0n) is 17.2. The van der Waals surface area contributed by atoms with Gasteiger partial charge in [0.1, 0.15) is 0 Å². The number of likely N-dealkylation sites (N-methyl/N-ethyl adjacent to an activating group) is 1. The van der Waals surface area contributed by atoms with E-state index in [1.54, 1.807) is 12.1 Å². The summed E-state index contributed by atoms with van der Waals surface area (Å²) >= 11 is 0. The lowest BCUT2D eigenvalue weighted by atomic mass is 10.2. The van der Waals surface area contributed by atoms with Gasteiger partial charge in [-0.25, -0.2) is 8.42 Å². The molecule has 0 aliphatic carbocycles. The second-order valence-corrected chi connectivity index (χ2v) is 9.63. The van der Waals surface area contributed by atoms with Gasteiger partial charge >= 0.3 is 0 Å². The van der Waals surface area contributed by atoms with Crippen LogP contribution in [0.5, 0.6) is 0 Å². The van der Waals surface area contributed by atoms with Gasteiger partial charge in [-0.2, -0.15) is 4.31 Å². The molecule has 0 aromatic heterocycles. The number of hydrogen-bond acceptors (Lipinski definition) is 5. The molecule has 3 rings (SSSR count). The molecule has 2 fully saturated rings. The van der Waals surface area contributed by atoms with E-state index in [9.17, 15) is 13.2 Å². The van der Waals surface area contributed by atoms with Crippen LogP contribution in [0.25, 0.3) is 0 Å². The third kappa shape index (κ3) is 4.56. The summed E-state index contributed by atoms with van der Waals surface area (Å²) in [4.78, 5) is 19.7. The summed E-state index contributed by atoms with van der Waals surface area (Å²) < 4.78 is 27.1. The first-order valence-corrected chi connectivity index (χ1v) is 11.6. The van der Waals surface area contributed by atoms with Crippen molar-refractivity contribution in [3.63, 3.8) is 0 Å². The number of sulfonamides is 1. The fourth-order valence-electron chi connectivity index (χ4n) is 3.90. The van der Waals surface area contributed by atoms with Crippen LogP contribution in [0.2, 0.25) is 0 Å². The van der Waals surface area contributed by atoms with E-state index in [0.717, 1.165) is 38.3 Å². The second kappa shape index (κ2) is 8.90. The summed E-state index contributed by atoms with van der Waals surface area (Å²) in [6.07, 6.45) is 0. The third-order valence-electron chi connectivity index (χ3n) is 5.97. The quantitative estimate of drug-likeness (QED) is 0.723. The minimum absolute atomic E-state index is 0.109. The van der Waals surface area contributed by atoms with Gasteiger partial charge in [-0.3, -0.25) is 9.69 Å². The highest BCUT2D eigenvalue weighted by Crippen LogP contribution is 2.19. The zero-order chi connectivity index (χ0) is 20.3. The molecule has 1 unspecified atom stereocenters. The molecule has 1 aromatic rings. The topological polar surface area (TPSA) is 64.2 Å². The molecule has 0 spiro atoms. The summed E-state index contributed by atoms with van der Waals surface area (Å²) in [5.74, 6) is 0.109. The normalized spacial score (nSPS) is 21.6. The first kappa shape index (κ1) is 21.2. The van der Waals surface area contributed by atoms with E-state index in [0.29, 0.717) is 31.1 Å². The molecule has 7 nitrogen and oxygen atoms in total. The number of benzene rings is 1. The molecular formula is C20H32N4O3S. The summed E-state index contributed by atoms with van der Waals surface area (Å²) in [5, 5.41) is 0. The van der Waals surface area contributed by atoms with E-state index < -0.39 is 10.0 Å². The molecule has 2 saturated heterocycles. The van der Waals surface area contributed by atoms with Crippen molar-refractivity contribution in [2.24, 2.45) is 0 Å². The molecule has 28 heavy (non-hydrogen) atoms. The fourth-order valence-corrected chi connectivity index (χ4v) is 5.32. The van der Waals surface area contributed by atoms with E-state index in [2.05, 4.69) is 16.7 Å². The van der Waals surface area contributed by atoms with E-state index in [1.807, 2.05) is 30.9 Å². The summed E-state index contributed by atoms with van der Waals surface area (Å²) in [6.45, 7) is 12.5. The number of amides is 1. The van der Waals surface area contributed by atoms with Crippen molar-refractivity contribution in [1.29, 1.82) is 0 Å². The second-order valence-electron chi connectivity index (χ2n) is 7.69. The van der Waals surface area contributed by atoms with Gasteiger partial charge in [0.25, 0.3) is 0 Å². The number of carbonyl (C=O) groups excluding carboxylic acids is 1. The summed E-state index contributed by atoms with van der Waals surface area (Å²) in [6, 6.07) is 6.78. The van der Waals surface area contributed by atoms with Crippen LogP contribution in [-0.2, 0) is 14.8 Å². The maximum atomic E-state index is 12.9. The van der Waals surface area contributed by atoms with Crippen molar-refractivity contribution in [1.82, 2.24) is 19.0 Å². The van der Waals surface area contributed by atoms with Gasteiger partial charge in [0.2, 0.25) is 15.9 Å². The molecule has 1 atom stereocenters. The van der Waals surface area contributed by atoms with Gasteiger partial charge in [0, 0.05) is 52.4 Å². The summed E-state index contributed by atoms with van der Waals surface area (Å²) in [5.41, 5.74) is 1.03. The Morgan fingerprint density at radius 3 is 2.07 bits per heavy atom. The molecule has 0 N–H and O–H groups in total. The average Bonchev–Trinajstić information content (AvgIpc) is 2.73. The highest BCUT2D eigenvalue weighted by Gasteiger charge is 2.33. The van der Waals surface area contributed by atoms with Crippen LogP contribution >= 0.6 is 0 Å². The Morgan fingerprint density at radius 1 is 0.964 bits per heavy atom. The lowest BCUT2D eigenvalue weighted by Gasteiger charge is -2.40. The Hall–Kier alpha value is -1.48. The Morgan fingerprint density at radius 2 is 1.54 bits per heavy atom. The van der Waals surface area contributed by atoms with E-state index >= 15 is 0 Å². The summed E-state index contributed by atoms with van der Waals surface area (Å²) in [7, 11) is -3.50. The van der Waals surface area contributed by atoms with Gasteiger partial charge in [0.05, 0.1) is 10.9 Å². The first-order chi connectivity index (χ1) is 13.3. The van der Waals surface area contributed by atoms with Crippen LogP contribution < -0.4 is 0 Å². The molecular weight excluding hydrogens is 376 g/mol. The van der Waals surface area contributed by atoms with Gasteiger partial charge in [-0.1, -0.05) is 24.6 Å². The Balaban J connectivity index is 1.56. The van der Waals surface area contributed by atoms with Crippen molar-refractivity contribution >= 4 is 15.9 Å². The van der Waals surface area contributed by atoms with Gasteiger partial charge < -0.3 is 9.80 Å². The number of carbonyl (C=O) groups is 1. The number of rotatable bonds is 5. The number of aryl methyl sites for hydroxylation is 1. The average molecular weight is 409 g/mol. The largest absolute Gasteiger partial charge is 0.339 e. The molecule has 0 radical (unpaired) electrons. The van der Waals surface area contributed by atoms with Crippen molar-refractivity contribution < 1.29 is 13.2 Å².